The minimum atomic E-state index is -0.453. The van der Waals surface area contributed by atoms with Crippen molar-refractivity contribution in [2.75, 3.05) is 37.4 Å². The van der Waals surface area contributed by atoms with Crippen LogP contribution in [-0.4, -0.2) is 62.4 Å². The van der Waals surface area contributed by atoms with Gasteiger partial charge in [0.15, 0.2) is 0 Å². The molecule has 1 aromatic carbocycles. The van der Waals surface area contributed by atoms with Crippen LogP contribution in [0.25, 0.3) is 22.9 Å². The fourth-order valence-corrected chi connectivity index (χ4v) is 5.67. The van der Waals surface area contributed by atoms with Crippen LogP contribution >= 0.6 is 0 Å². The summed E-state index contributed by atoms with van der Waals surface area (Å²) in [5.74, 6) is 1.55. The Hall–Kier alpha value is -4.57. The van der Waals surface area contributed by atoms with Crippen LogP contribution in [0.5, 0.6) is 0 Å². The normalized spacial score (nSPS) is 18.1. The summed E-state index contributed by atoms with van der Waals surface area (Å²) in [6.45, 7) is 10.1. The Morgan fingerprint density at radius 3 is 2.66 bits per heavy atom. The number of aromatic nitrogens is 4. The van der Waals surface area contributed by atoms with Crippen LogP contribution in [0, 0.1) is 12.3 Å². The molecule has 2 amide bonds. The van der Waals surface area contributed by atoms with Gasteiger partial charge in [-0.3, -0.25) is 14.0 Å². The highest BCUT2D eigenvalue weighted by Gasteiger charge is 2.45. The van der Waals surface area contributed by atoms with Gasteiger partial charge in [0.2, 0.25) is 5.91 Å². The van der Waals surface area contributed by atoms with Gasteiger partial charge in [-0.15, -0.1) is 0 Å². The molecule has 0 unspecified atom stereocenters. The van der Waals surface area contributed by atoms with Crippen molar-refractivity contribution < 1.29 is 14.3 Å². The number of anilines is 2. The summed E-state index contributed by atoms with van der Waals surface area (Å²) in [6.07, 6.45) is 6.85. The van der Waals surface area contributed by atoms with Crippen LogP contribution in [-0.2, 0) is 9.53 Å². The number of fused-ring (bicyclic) bond motifs is 1. The third-order valence-corrected chi connectivity index (χ3v) is 7.96. The van der Waals surface area contributed by atoms with Gasteiger partial charge in [0.05, 0.1) is 30.5 Å². The lowest BCUT2D eigenvalue weighted by Gasteiger charge is -2.42. The van der Waals surface area contributed by atoms with Gasteiger partial charge in [0.25, 0.3) is 5.91 Å². The minimum absolute atomic E-state index is 0.00549. The molecule has 2 aliphatic rings. The van der Waals surface area contributed by atoms with E-state index < -0.39 is 5.41 Å². The van der Waals surface area contributed by atoms with E-state index in [0.717, 1.165) is 42.0 Å². The molecule has 0 saturated carbocycles. The number of nitrogens with one attached hydrogen (secondary N) is 1. The monoisotopic (exact) mass is 551 g/mol. The summed E-state index contributed by atoms with van der Waals surface area (Å²) in [6, 6.07) is 10.9. The molecule has 4 aromatic rings. The van der Waals surface area contributed by atoms with Gasteiger partial charge in [-0.25, -0.2) is 15.0 Å². The highest BCUT2D eigenvalue weighted by molar-refractivity contribution is 6.04. The number of piperidine rings is 1. The van der Waals surface area contributed by atoms with E-state index in [9.17, 15) is 9.59 Å². The zero-order valence-electron chi connectivity index (χ0n) is 23.3. The number of likely N-dealkylation sites (tertiary alicyclic amines) is 1. The molecule has 0 bridgehead atoms. The summed E-state index contributed by atoms with van der Waals surface area (Å²) in [5, 5.41) is 2.84. The molecule has 2 fully saturated rings. The van der Waals surface area contributed by atoms with Crippen molar-refractivity contribution in [3.8, 4) is 11.3 Å². The fraction of sp³-hybridized carbons (Fsp3) is 0.323. The number of hydrogen-bond donors (Lipinski definition) is 2. The molecule has 10 heteroatoms. The second-order valence-corrected chi connectivity index (χ2v) is 11.2. The van der Waals surface area contributed by atoms with E-state index in [0.29, 0.717) is 48.2 Å². The number of carbonyl (C=O) groups excluding carboxylic acids is 2. The average molecular weight is 552 g/mol. The number of aryl methyl sites for hydroxylation is 1. The first kappa shape index (κ1) is 26.6. The molecule has 3 N–H and O–H groups in total. The van der Waals surface area contributed by atoms with E-state index in [1.165, 1.54) is 0 Å². The van der Waals surface area contributed by atoms with E-state index >= 15 is 0 Å². The number of hydrogen-bond acceptors (Lipinski definition) is 7. The van der Waals surface area contributed by atoms with E-state index in [1.807, 2.05) is 47.4 Å². The standard InChI is InChI=1S/C31H33N7O3/c1-4-23-15-34-27(32)26-25(20-7-9-21(10-8-20)29(39)35-24-14-19(2)11-12-33-24)36-28(38(23)26)22-6-5-13-37(16-22)30(40)31(3)17-41-18-31/h4,7-12,14-15,22H,1,5-6,13,16-18H2,2-3H3,(H2,32,34)(H,33,35,39)/t22-/m1/s1. The molecular weight excluding hydrogens is 518 g/mol. The van der Waals surface area contributed by atoms with Gasteiger partial charge in [0, 0.05) is 36.3 Å². The lowest BCUT2D eigenvalue weighted by molar-refractivity contribution is -0.169. The molecule has 10 nitrogen and oxygen atoms in total. The van der Waals surface area contributed by atoms with E-state index in [4.69, 9.17) is 15.5 Å². The SMILES string of the molecule is C=Cc1cnc(N)c2c(-c3ccc(C(=O)Nc4cc(C)ccn4)cc3)nc([C@@H]3CCCN(C(=O)C4(C)COC4)C3)n12. The van der Waals surface area contributed by atoms with Crippen molar-refractivity contribution in [3.05, 3.63) is 78.0 Å². The fourth-order valence-electron chi connectivity index (χ4n) is 5.67. The number of rotatable bonds is 6. The maximum Gasteiger partial charge on any atom is 0.256 e. The molecule has 0 aliphatic carbocycles. The maximum absolute atomic E-state index is 13.3. The second kappa shape index (κ2) is 10.4. The predicted octanol–water partition coefficient (Wildman–Crippen LogP) is 4.32. The van der Waals surface area contributed by atoms with Gasteiger partial charge >= 0.3 is 0 Å². The van der Waals surface area contributed by atoms with Crippen LogP contribution < -0.4 is 11.1 Å². The molecule has 6 rings (SSSR count). The predicted molar refractivity (Wildman–Crippen MR) is 157 cm³/mol. The lowest BCUT2D eigenvalue weighted by Crippen LogP contribution is -2.55. The van der Waals surface area contributed by atoms with Crippen LogP contribution in [0.3, 0.4) is 0 Å². The van der Waals surface area contributed by atoms with Crippen molar-refractivity contribution in [3.63, 3.8) is 0 Å². The van der Waals surface area contributed by atoms with Crippen LogP contribution in [0.15, 0.2) is 55.4 Å². The summed E-state index contributed by atoms with van der Waals surface area (Å²) < 4.78 is 7.36. The van der Waals surface area contributed by atoms with Crippen molar-refractivity contribution in [2.24, 2.45) is 5.41 Å². The molecule has 2 aliphatic heterocycles. The van der Waals surface area contributed by atoms with Gasteiger partial charge < -0.3 is 20.7 Å². The van der Waals surface area contributed by atoms with Crippen molar-refractivity contribution in [2.45, 2.75) is 32.6 Å². The molecule has 1 atom stereocenters. The molecule has 210 valence electrons. The Labute approximate surface area is 238 Å². The Balaban J connectivity index is 1.34. The first-order chi connectivity index (χ1) is 19.8. The molecule has 41 heavy (non-hydrogen) atoms. The van der Waals surface area contributed by atoms with Crippen molar-refractivity contribution in [1.82, 2.24) is 24.3 Å². The number of nitrogens with two attached hydrogens (primary N) is 1. The Bertz CT molecular complexity index is 1660. The van der Waals surface area contributed by atoms with Gasteiger partial charge in [0.1, 0.15) is 28.7 Å². The summed E-state index contributed by atoms with van der Waals surface area (Å²) >= 11 is 0. The highest BCUT2D eigenvalue weighted by atomic mass is 16.5. The molecule has 5 heterocycles. The first-order valence-electron chi connectivity index (χ1n) is 13.8. The second-order valence-electron chi connectivity index (χ2n) is 11.2. The number of pyridine rings is 1. The molecule has 0 radical (unpaired) electrons. The molecule has 2 saturated heterocycles. The van der Waals surface area contributed by atoms with Gasteiger partial charge in [-0.05, 0) is 62.6 Å². The number of ether oxygens (including phenoxy) is 1. The van der Waals surface area contributed by atoms with E-state index in [1.54, 1.807) is 30.6 Å². The number of carbonyl (C=O) groups is 2. The molecule has 0 spiro atoms. The molecular formula is C31H33N7O3. The third kappa shape index (κ3) is 4.84. The van der Waals surface area contributed by atoms with E-state index in [2.05, 4.69) is 21.9 Å². The number of imidazole rings is 1. The summed E-state index contributed by atoms with van der Waals surface area (Å²) in [7, 11) is 0. The van der Waals surface area contributed by atoms with Gasteiger partial charge in [-0.2, -0.15) is 0 Å². The smallest absolute Gasteiger partial charge is 0.256 e. The average Bonchev–Trinajstić information content (AvgIpc) is 3.38. The van der Waals surface area contributed by atoms with Gasteiger partial charge in [-0.1, -0.05) is 18.7 Å². The highest BCUT2D eigenvalue weighted by Crippen LogP contribution is 2.37. The lowest BCUT2D eigenvalue weighted by atomic mass is 9.85. The Morgan fingerprint density at radius 2 is 1.98 bits per heavy atom. The Morgan fingerprint density at radius 1 is 1.20 bits per heavy atom. The summed E-state index contributed by atoms with van der Waals surface area (Å²) in [5.41, 5.74) is 10.4. The minimum Gasteiger partial charge on any atom is -0.382 e. The topological polar surface area (TPSA) is 128 Å². The van der Waals surface area contributed by atoms with Crippen LogP contribution in [0.2, 0.25) is 0 Å². The summed E-state index contributed by atoms with van der Waals surface area (Å²) in [4.78, 5) is 41.9. The quantitative estimate of drug-likeness (QED) is 0.365. The number of nitrogens with zero attached hydrogens (tertiary/aromatic N) is 5. The number of amides is 2. The third-order valence-electron chi connectivity index (χ3n) is 7.96. The largest absolute Gasteiger partial charge is 0.382 e. The molecule has 3 aromatic heterocycles. The van der Waals surface area contributed by atoms with Crippen LogP contribution in [0.4, 0.5) is 11.6 Å². The number of nitrogen functional groups attached to an aromatic ring is 1. The zero-order valence-corrected chi connectivity index (χ0v) is 23.3. The Kier molecular flexibility index (Phi) is 6.78. The number of benzene rings is 1. The van der Waals surface area contributed by atoms with Crippen LogP contribution in [0.1, 0.15) is 53.1 Å². The van der Waals surface area contributed by atoms with Crippen molar-refractivity contribution >= 4 is 35.0 Å². The van der Waals surface area contributed by atoms with E-state index in [-0.39, 0.29) is 17.7 Å². The first-order valence-corrected chi connectivity index (χ1v) is 13.8. The maximum atomic E-state index is 13.3. The van der Waals surface area contributed by atoms with Crippen molar-refractivity contribution in [1.29, 1.82) is 0 Å². The zero-order chi connectivity index (χ0) is 28.7.